The summed E-state index contributed by atoms with van der Waals surface area (Å²) in [5, 5.41) is 4.51. The molecule has 0 saturated heterocycles. The van der Waals surface area contributed by atoms with Crippen LogP contribution in [0.1, 0.15) is 25.5 Å². The molecule has 0 aliphatic carbocycles. The molecule has 0 saturated carbocycles. The molecule has 1 aromatic heterocycles. The van der Waals surface area contributed by atoms with Gasteiger partial charge in [0.2, 0.25) is 0 Å². The maximum absolute atomic E-state index is 13.0. The Labute approximate surface area is 148 Å². The predicted molar refractivity (Wildman–Crippen MR) is 100 cm³/mol. The third-order valence-corrected chi connectivity index (χ3v) is 5.32. The minimum Gasteiger partial charge on any atom is -0.279 e. The number of sulfonamides is 1. The standard InChI is InChI=1S/C19H21N3O2S/c1-14(2)22-13-18(19(20-22)16-10-5-4-6-11-16)25(23,24)21-17-12-8-7-9-15(17)3/h4-14,21H,1-3H3. The number of aromatic nitrogens is 2. The summed E-state index contributed by atoms with van der Waals surface area (Å²) in [5.41, 5.74) is 2.66. The van der Waals surface area contributed by atoms with Gasteiger partial charge in [-0.05, 0) is 32.4 Å². The lowest BCUT2D eigenvalue weighted by Crippen LogP contribution is -2.14. The van der Waals surface area contributed by atoms with Crippen LogP contribution < -0.4 is 4.72 Å². The minimum absolute atomic E-state index is 0.0601. The van der Waals surface area contributed by atoms with Crippen LogP contribution in [-0.2, 0) is 10.0 Å². The fourth-order valence-corrected chi connectivity index (χ4v) is 3.81. The molecule has 2 aromatic carbocycles. The molecule has 0 amide bonds. The summed E-state index contributed by atoms with van der Waals surface area (Å²) in [7, 11) is -3.76. The van der Waals surface area contributed by atoms with Gasteiger partial charge in [0, 0.05) is 17.8 Å². The van der Waals surface area contributed by atoms with E-state index < -0.39 is 10.0 Å². The van der Waals surface area contributed by atoms with Crippen LogP contribution in [-0.4, -0.2) is 18.2 Å². The predicted octanol–water partition coefficient (Wildman–Crippen LogP) is 4.24. The Morgan fingerprint density at radius 2 is 1.64 bits per heavy atom. The van der Waals surface area contributed by atoms with Gasteiger partial charge in [0.15, 0.2) is 0 Å². The van der Waals surface area contributed by atoms with Crippen molar-refractivity contribution in [1.82, 2.24) is 9.78 Å². The van der Waals surface area contributed by atoms with Gasteiger partial charge in [0.1, 0.15) is 10.6 Å². The largest absolute Gasteiger partial charge is 0.279 e. The van der Waals surface area contributed by atoms with Gasteiger partial charge in [-0.25, -0.2) is 8.42 Å². The molecule has 0 bridgehead atoms. The summed E-state index contributed by atoms with van der Waals surface area (Å²) < 4.78 is 30.4. The molecule has 0 atom stereocenters. The monoisotopic (exact) mass is 355 g/mol. The van der Waals surface area contributed by atoms with Crippen LogP contribution in [0.25, 0.3) is 11.3 Å². The third kappa shape index (κ3) is 3.58. The highest BCUT2D eigenvalue weighted by Crippen LogP contribution is 2.29. The molecule has 130 valence electrons. The molecule has 3 aromatic rings. The highest BCUT2D eigenvalue weighted by Gasteiger charge is 2.24. The minimum atomic E-state index is -3.76. The SMILES string of the molecule is Cc1ccccc1NS(=O)(=O)c1cn(C(C)C)nc1-c1ccccc1. The Morgan fingerprint density at radius 3 is 2.28 bits per heavy atom. The normalized spacial score (nSPS) is 11.7. The first kappa shape index (κ1) is 17.2. The van der Waals surface area contributed by atoms with Crippen molar-refractivity contribution in [3.8, 4) is 11.3 Å². The molecule has 0 unspecified atom stereocenters. The number of benzene rings is 2. The third-order valence-electron chi connectivity index (χ3n) is 3.95. The second-order valence-corrected chi connectivity index (χ2v) is 7.85. The maximum atomic E-state index is 13.0. The average Bonchev–Trinajstić information content (AvgIpc) is 3.04. The van der Waals surface area contributed by atoms with Crippen molar-refractivity contribution >= 4 is 15.7 Å². The van der Waals surface area contributed by atoms with Crippen LogP contribution in [0.4, 0.5) is 5.69 Å². The Hall–Kier alpha value is -2.60. The Bertz CT molecular complexity index is 977. The summed E-state index contributed by atoms with van der Waals surface area (Å²) in [5.74, 6) is 0. The topological polar surface area (TPSA) is 64.0 Å². The molecular formula is C19H21N3O2S. The summed E-state index contributed by atoms with van der Waals surface area (Å²) >= 11 is 0. The Morgan fingerprint density at radius 1 is 1.00 bits per heavy atom. The van der Waals surface area contributed by atoms with E-state index in [1.54, 1.807) is 23.0 Å². The molecule has 0 fully saturated rings. The average molecular weight is 355 g/mol. The molecule has 0 spiro atoms. The van der Waals surface area contributed by atoms with Gasteiger partial charge in [0.05, 0.1) is 5.69 Å². The Kier molecular flexibility index (Phi) is 4.63. The van der Waals surface area contributed by atoms with E-state index in [1.807, 2.05) is 63.2 Å². The van der Waals surface area contributed by atoms with Gasteiger partial charge in [-0.2, -0.15) is 5.10 Å². The van der Waals surface area contributed by atoms with Gasteiger partial charge < -0.3 is 0 Å². The number of hydrogen-bond donors (Lipinski definition) is 1. The van der Waals surface area contributed by atoms with E-state index in [9.17, 15) is 8.42 Å². The first-order chi connectivity index (χ1) is 11.9. The molecule has 1 heterocycles. The van der Waals surface area contributed by atoms with E-state index in [0.29, 0.717) is 11.4 Å². The van der Waals surface area contributed by atoms with E-state index in [4.69, 9.17) is 0 Å². The van der Waals surface area contributed by atoms with Gasteiger partial charge in [-0.15, -0.1) is 0 Å². The number of para-hydroxylation sites is 1. The van der Waals surface area contributed by atoms with Crippen molar-refractivity contribution in [3.63, 3.8) is 0 Å². The van der Waals surface area contributed by atoms with E-state index in [-0.39, 0.29) is 10.9 Å². The zero-order chi connectivity index (χ0) is 18.0. The zero-order valence-electron chi connectivity index (χ0n) is 14.5. The van der Waals surface area contributed by atoms with E-state index >= 15 is 0 Å². The second-order valence-electron chi connectivity index (χ2n) is 6.20. The number of rotatable bonds is 5. The molecule has 5 nitrogen and oxygen atoms in total. The number of aryl methyl sites for hydroxylation is 1. The number of anilines is 1. The smallest absolute Gasteiger partial charge is 0.265 e. The van der Waals surface area contributed by atoms with Crippen molar-refractivity contribution < 1.29 is 8.42 Å². The fraction of sp³-hybridized carbons (Fsp3) is 0.211. The molecule has 0 aliphatic heterocycles. The van der Waals surface area contributed by atoms with E-state index in [0.717, 1.165) is 11.1 Å². The second kappa shape index (κ2) is 6.72. The number of nitrogens with zero attached hydrogens (tertiary/aromatic N) is 2. The number of hydrogen-bond acceptors (Lipinski definition) is 3. The van der Waals surface area contributed by atoms with E-state index in [1.165, 1.54) is 0 Å². The van der Waals surface area contributed by atoms with Crippen molar-refractivity contribution in [1.29, 1.82) is 0 Å². The van der Waals surface area contributed by atoms with Crippen molar-refractivity contribution in [2.75, 3.05) is 4.72 Å². The van der Waals surface area contributed by atoms with Crippen molar-refractivity contribution in [3.05, 3.63) is 66.4 Å². The lowest BCUT2D eigenvalue weighted by Gasteiger charge is -2.10. The van der Waals surface area contributed by atoms with Crippen molar-refractivity contribution in [2.45, 2.75) is 31.7 Å². The van der Waals surface area contributed by atoms with E-state index in [2.05, 4.69) is 9.82 Å². The van der Waals surface area contributed by atoms with Gasteiger partial charge in [0.25, 0.3) is 10.0 Å². The Balaban J connectivity index is 2.10. The van der Waals surface area contributed by atoms with Crippen LogP contribution in [0.2, 0.25) is 0 Å². The first-order valence-corrected chi connectivity index (χ1v) is 9.60. The molecule has 0 radical (unpaired) electrons. The van der Waals surface area contributed by atoms with Gasteiger partial charge in [-0.3, -0.25) is 9.40 Å². The zero-order valence-corrected chi connectivity index (χ0v) is 15.3. The summed E-state index contributed by atoms with van der Waals surface area (Å²) in [4.78, 5) is 0.177. The quantitative estimate of drug-likeness (QED) is 0.744. The van der Waals surface area contributed by atoms with Crippen LogP contribution in [0.5, 0.6) is 0 Å². The highest BCUT2D eigenvalue weighted by atomic mass is 32.2. The van der Waals surface area contributed by atoms with Crippen LogP contribution in [0.3, 0.4) is 0 Å². The molecule has 3 rings (SSSR count). The maximum Gasteiger partial charge on any atom is 0.265 e. The van der Waals surface area contributed by atoms with Gasteiger partial charge >= 0.3 is 0 Å². The lowest BCUT2D eigenvalue weighted by atomic mass is 10.2. The molecule has 25 heavy (non-hydrogen) atoms. The first-order valence-electron chi connectivity index (χ1n) is 8.11. The lowest BCUT2D eigenvalue weighted by molar-refractivity contribution is 0.532. The van der Waals surface area contributed by atoms with Crippen LogP contribution in [0.15, 0.2) is 65.7 Å². The summed E-state index contributed by atoms with van der Waals surface area (Å²) in [6.45, 7) is 5.80. The summed E-state index contributed by atoms with van der Waals surface area (Å²) in [6, 6.07) is 16.7. The highest BCUT2D eigenvalue weighted by molar-refractivity contribution is 7.92. The van der Waals surface area contributed by atoms with Crippen molar-refractivity contribution in [2.24, 2.45) is 0 Å². The molecular weight excluding hydrogens is 334 g/mol. The summed E-state index contributed by atoms with van der Waals surface area (Å²) in [6.07, 6.45) is 1.59. The van der Waals surface area contributed by atoms with Gasteiger partial charge in [-0.1, -0.05) is 48.5 Å². The fourth-order valence-electron chi connectivity index (χ4n) is 2.52. The van der Waals surface area contributed by atoms with Crippen LogP contribution >= 0.6 is 0 Å². The molecule has 6 heteroatoms. The van der Waals surface area contributed by atoms with Crippen LogP contribution in [0, 0.1) is 6.92 Å². The molecule has 0 aliphatic rings. The molecule has 1 N–H and O–H groups in total. The number of nitrogens with one attached hydrogen (secondary N) is 1.